The number of carbonyl (C=O) groups is 1. The van der Waals surface area contributed by atoms with Crippen molar-refractivity contribution >= 4 is 28.9 Å². The van der Waals surface area contributed by atoms with Gasteiger partial charge in [0.1, 0.15) is 0 Å². The predicted octanol–water partition coefficient (Wildman–Crippen LogP) is 2.87. The van der Waals surface area contributed by atoms with Gasteiger partial charge in [0, 0.05) is 5.69 Å². The predicted molar refractivity (Wildman–Crippen MR) is 62.1 cm³/mol. The smallest absolute Gasteiger partial charge is 0.354 e. The molecule has 0 aliphatic rings. The Morgan fingerprint density at radius 3 is 2.75 bits per heavy atom. The molecule has 0 bridgehead atoms. The maximum atomic E-state index is 10.8. The van der Waals surface area contributed by atoms with Crippen LogP contribution in [0.3, 0.4) is 0 Å². The van der Waals surface area contributed by atoms with Gasteiger partial charge in [-0.2, -0.15) is 0 Å². The van der Waals surface area contributed by atoms with Gasteiger partial charge < -0.3 is 5.11 Å². The normalized spacial score (nSPS) is 10.4. The van der Waals surface area contributed by atoms with Gasteiger partial charge >= 0.3 is 5.97 Å². The number of halogens is 1. The van der Waals surface area contributed by atoms with Gasteiger partial charge in [-0.1, -0.05) is 11.6 Å². The van der Waals surface area contributed by atoms with Gasteiger partial charge in [0.2, 0.25) is 0 Å². The molecule has 0 amide bonds. The molecule has 0 saturated carbocycles. The molecule has 0 spiro atoms. The number of thiophene rings is 1. The average Bonchev–Trinajstić information content (AvgIpc) is 2.64. The Bertz CT molecular complexity index is 554. The third kappa shape index (κ3) is 2.20. The van der Waals surface area contributed by atoms with Crippen LogP contribution in [0.4, 0.5) is 0 Å². The zero-order valence-corrected chi connectivity index (χ0v) is 9.84. The van der Waals surface area contributed by atoms with Crippen molar-refractivity contribution in [3.63, 3.8) is 0 Å². The first-order chi connectivity index (χ1) is 7.56. The topological polar surface area (TPSA) is 63.1 Å². The summed E-state index contributed by atoms with van der Waals surface area (Å²) in [4.78, 5) is 19.7. The van der Waals surface area contributed by atoms with E-state index >= 15 is 0 Å². The quantitative estimate of drug-likeness (QED) is 0.895. The van der Waals surface area contributed by atoms with Crippen LogP contribution < -0.4 is 0 Å². The minimum Gasteiger partial charge on any atom is -0.477 e. The molecule has 16 heavy (non-hydrogen) atoms. The summed E-state index contributed by atoms with van der Waals surface area (Å²) >= 11 is 7.12. The highest BCUT2D eigenvalue weighted by Gasteiger charge is 2.11. The zero-order chi connectivity index (χ0) is 11.7. The summed E-state index contributed by atoms with van der Waals surface area (Å²) in [5.74, 6) is -0.663. The number of aromatic carboxylic acids is 1. The van der Waals surface area contributed by atoms with Crippen LogP contribution in [0.25, 0.3) is 10.7 Å². The van der Waals surface area contributed by atoms with Crippen LogP contribution in [0.15, 0.2) is 18.2 Å². The Balaban J connectivity index is 2.53. The number of carboxylic acids is 1. The molecular weight excluding hydrogens is 248 g/mol. The van der Waals surface area contributed by atoms with Crippen molar-refractivity contribution in [2.45, 2.75) is 6.92 Å². The van der Waals surface area contributed by atoms with E-state index in [1.807, 2.05) is 0 Å². The van der Waals surface area contributed by atoms with Crippen molar-refractivity contribution in [1.29, 1.82) is 0 Å². The van der Waals surface area contributed by atoms with Crippen LogP contribution in [0.2, 0.25) is 4.34 Å². The lowest BCUT2D eigenvalue weighted by molar-refractivity contribution is 0.0690. The van der Waals surface area contributed by atoms with E-state index in [2.05, 4.69) is 9.97 Å². The van der Waals surface area contributed by atoms with Gasteiger partial charge in [-0.3, -0.25) is 0 Å². The number of rotatable bonds is 2. The number of aromatic nitrogens is 2. The van der Waals surface area contributed by atoms with Crippen molar-refractivity contribution in [3.05, 3.63) is 33.9 Å². The third-order valence-corrected chi connectivity index (χ3v) is 3.09. The first-order valence-corrected chi connectivity index (χ1v) is 5.60. The maximum absolute atomic E-state index is 10.8. The lowest BCUT2D eigenvalue weighted by Crippen LogP contribution is -2.03. The average molecular weight is 255 g/mol. The Labute approximate surface area is 101 Å². The molecule has 2 rings (SSSR count). The first kappa shape index (κ1) is 11.0. The van der Waals surface area contributed by atoms with Gasteiger partial charge in [0.25, 0.3) is 0 Å². The minimum atomic E-state index is -1.06. The summed E-state index contributed by atoms with van der Waals surface area (Å²) in [6.07, 6.45) is 0. The summed E-state index contributed by atoms with van der Waals surface area (Å²) in [5.41, 5.74) is 0.610. The summed E-state index contributed by atoms with van der Waals surface area (Å²) < 4.78 is 0.622. The number of hydrogen-bond donors (Lipinski definition) is 1. The van der Waals surface area contributed by atoms with Crippen LogP contribution in [-0.4, -0.2) is 21.0 Å². The van der Waals surface area contributed by atoms with Crippen LogP contribution >= 0.6 is 22.9 Å². The molecule has 0 aliphatic carbocycles. The molecule has 0 radical (unpaired) electrons. The van der Waals surface area contributed by atoms with Crippen molar-refractivity contribution in [2.75, 3.05) is 0 Å². The van der Waals surface area contributed by atoms with Gasteiger partial charge in [-0.25, -0.2) is 14.8 Å². The third-order valence-electron chi connectivity index (χ3n) is 1.87. The highest BCUT2D eigenvalue weighted by Crippen LogP contribution is 2.28. The van der Waals surface area contributed by atoms with Gasteiger partial charge in [0.05, 0.1) is 9.21 Å². The standard InChI is InChI=1S/C10H7ClN2O2S/c1-5-4-6(10(14)15)13-9(12-5)7-2-3-8(11)16-7/h2-4H,1H3,(H,14,15). The van der Waals surface area contributed by atoms with E-state index in [0.717, 1.165) is 4.88 Å². The first-order valence-electron chi connectivity index (χ1n) is 4.41. The molecule has 2 aromatic heterocycles. The molecule has 0 aromatic carbocycles. The molecule has 2 heterocycles. The van der Waals surface area contributed by atoms with Crippen LogP contribution in [0.1, 0.15) is 16.2 Å². The molecule has 0 unspecified atom stereocenters. The van der Waals surface area contributed by atoms with E-state index in [0.29, 0.717) is 15.9 Å². The highest BCUT2D eigenvalue weighted by molar-refractivity contribution is 7.19. The fraction of sp³-hybridized carbons (Fsp3) is 0.100. The number of carboxylic acid groups (broad SMARTS) is 1. The molecule has 0 aliphatic heterocycles. The van der Waals surface area contributed by atoms with Gasteiger partial charge in [-0.15, -0.1) is 11.3 Å². The Kier molecular flexibility index (Phi) is 2.89. The number of nitrogens with zero attached hydrogens (tertiary/aromatic N) is 2. The van der Waals surface area contributed by atoms with Crippen molar-refractivity contribution in [3.8, 4) is 10.7 Å². The van der Waals surface area contributed by atoms with E-state index in [-0.39, 0.29) is 5.69 Å². The summed E-state index contributed by atoms with van der Waals surface area (Å²) in [6, 6.07) is 4.93. The van der Waals surface area contributed by atoms with Crippen molar-refractivity contribution in [1.82, 2.24) is 9.97 Å². The monoisotopic (exact) mass is 254 g/mol. The number of hydrogen-bond acceptors (Lipinski definition) is 4. The van der Waals surface area contributed by atoms with E-state index < -0.39 is 5.97 Å². The maximum Gasteiger partial charge on any atom is 0.354 e. The van der Waals surface area contributed by atoms with E-state index in [1.165, 1.54) is 17.4 Å². The molecule has 0 fully saturated rings. The Hall–Kier alpha value is -1.46. The zero-order valence-electron chi connectivity index (χ0n) is 8.27. The Morgan fingerprint density at radius 1 is 1.44 bits per heavy atom. The fourth-order valence-electron chi connectivity index (χ4n) is 1.22. The lowest BCUT2D eigenvalue weighted by atomic mass is 10.3. The molecule has 0 saturated heterocycles. The van der Waals surface area contributed by atoms with E-state index in [4.69, 9.17) is 16.7 Å². The molecule has 0 atom stereocenters. The second-order valence-electron chi connectivity index (χ2n) is 3.13. The minimum absolute atomic E-state index is 0.00739. The second-order valence-corrected chi connectivity index (χ2v) is 4.84. The summed E-state index contributed by atoms with van der Waals surface area (Å²) in [6.45, 7) is 1.73. The van der Waals surface area contributed by atoms with E-state index in [1.54, 1.807) is 19.1 Å². The second kappa shape index (κ2) is 4.19. The molecule has 6 heteroatoms. The molecule has 82 valence electrons. The van der Waals surface area contributed by atoms with Crippen LogP contribution in [0, 0.1) is 6.92 Å². The molecule has 2 aromatic rings. The Morgan fingerprint density at radius 2 is 2.19 bits per heavy atom. The highest BCUT2D eigenvalue weighted by atomic mass is 35.5. The summed E-state index contributed by atoms with van der Waals surface area (Å²) in [5, 5.41) is 8.87. The largest absolute Gasteiger partial charge is 0.477 e. The molecular formula is C10H7ClN2O2S. The van der Waals surface area contributed by atoms with Crippen LogP contribution in [-0.2, 0) is 0 Å². The SMILES string of the molecule is Cc1cc(C(=O)O)nc(-c2ccc(Cl)s2)n1. The van der Waals surface area contributed by atoms with Gasteiger partial charge in [-0.05, 0) is 25.1 Å². The van der Waals surface area contributed by atoms with Crippen molar-refractivity contribution in [2.24, 2.45) is 0 Å². The fourth-order valence-corrected chi connectivity index (χ4v) is 2.20. The number of aryl methyl sites for hydroxylation is 1. The van der Waals surface area contributed by atoms with E-state index in [9.17, 15) is 4.79 Å². The summed E-state index contributed by atoms with van der Waals surface area (Å²) in [7, 11) is 0. The molecule has 4 nitrogen and oxygen atoms in total. The molecule has 1 N–H and O–H groups in total. The van der Waals surface area contributed by atoms with Crippen LogP contribution in [0.5, 0.6) is 0 Å². The lowest BCUT2D eigenvalue weighted by Gasteiger charge is -2.00. The van der Waals surface area contributed by atoms with Gasteiger partial charge in [0.15, 0.2) is 11.5 Å². The van der Waals surface area contributed by atoms with Crippen molar-refractivity contribution < 1.29 is 9.90 Å².